The van der Waals surface area contributed by atoms with Crippen molar-refractivity contribution in [3.05, 3.63) is 53.5 Å². The summed E-state index contributed by atoms with van der Waals surface area (Å²) in [5.41, 5.74) is -1.25. The van der Waals surface area contributed by atoms with Crippen molar-refractivity contribution in [1.29, 1.82) is 0 Å². The van der Waals surface area contributed by atoms with Crippen LogP contribution in [-0.4, -0.2) is 29.0 Å². The van der Waals surface area contributed by atoms with Crippen molar-refractivity contribution >= 4 is 11.7 Å². The molecule has 30 heavy (non-hydrogen) atoms. The van der Waals surface area contributed by atoms with Gasteiger partial charge >= 0.3 is 12.4 Å². The number of anilines is 1. The van der Waals surface area contributed by atoms with Gasteiger partial charge in [-0.1, -0.05) is 12.1 Å². The zero-order valence-electron chi connectivity index (χ0n) is 15.6. The molecule has 162 valence electrons. The van der Waals surface area contributed by atoms with E-state index in [0.717, 1.165) is 24.5 Å². The van der Waals surface area contributed by atoms with Crippen LogP contribution < -0.4 is 10.2 Å². The zero-order chi connectivity index (χ0) is 21.9. The number of alkyl halides is 6. The summed E-state index contributed by atoms with van der Waals surface area (Å²) in [6.07, 6.45) is -7.27. The van der Waals surface area contributed by atoms with Crippen molar-refractivity contribution in [3.63, 3.8) is 0 Å². The number of nitrogens with one attached hydrogen (secondary N) is 1. The van der Waals surface area contributed by atoms with Crippen molar-refractivity contribution < 1.29 is 31.1 Å². The van der Waals surface area contributed by atoms with Crippen molar-refractivity contribution in [2.24, 2.45) is 5.92 Å². The van der Waals surface area contributed by atoms with Gasteiger partial charge in [-0.2, -0.15) is 26.3 Å². The van der Waals surface area contributed by atoms with Crippen LogP contribution in [0.4, 0.5) is 32.2 Å². The molecule has 1 aliphatic heterocycles. The molecule has 0 unspecified atom stereocenters. The van der Waals surface area contributed by atoms with Crippen LogP contribution in [0.3, 0.4) is 0 Å². The molecule has 3 rings (SSSR count). The molecular weight excluding hydrogens is 414 g/mol. The normalized spacial score (nSPS) is 15.9. The second kappa shape index (κ2) is 8.49. The molecule has 0 bridgehead atoms. The molecule has 2 heterocycles. The largest absolute Gasteiger partial charge is 0.433 e. The summed E-state index contributed by atoms with van der Waals surface area (Å²) in [6, 6.07) is 5.40. The third-order valence-corrected chi connectivity index (χ3v) is 4.88. The van der Waals surface area contributed by atoms with Gasteiger partial charge in [-0.25, -0.2) is 9.97 Å². The van der Waals surface area contributed by atoms with Gasteiger partial charge < -0.3 is 10.2 Å². The summed E-state index contributed by atoms with van der Waals surface area (Å²) in [7, 11) is 0. The lowest BCUT2D eigenvalue weighted by Gasteiger charge is -2.32. The fourth-order valence-electron chi connectivity index (χ4n) is 3.19. The highest BCUT2D eigenvalue weighted by atomic mass is 19.4. The molecule has 11 heteroatoms. The molecule has 1 aromatic carbocycles. The minimum Gasteiger partial charge on any atom is -0.356 e. The molecule has 1 saturated heterocycles. The number of nitrogens with zero attached hydrogens (tertiary/aromatic N) is 3. The van der Waals surface area contributed by atoms with Crippen LogP contribution in [0.1, 0.15) is 29.7 Å². The zero-order valence-corrected chi connectivity index (χ0v) is 15.6. The highest BCUT2D eigenvalue weighted by Crippen LogP contribution is 2.31. The van der Waals surface area contributed by atoms with Crippen LogP contribution in [0.5, 0.6) is 0 Å². The number of hydrogen-bond donors (Lipinski definition) is 1. The standard InChI is InChI=1S/C19H18F6N4O/c20-18(21,22)14-3-1-12(2-4-14)10-26-17(30)13-5-7-29(8-6-13)16-9-15(19(23,24)25)27-11-28-16/h1-4,9,11,13H,5-8,10H2,(H,26,30). The lowest BCUT2D eigenvalue weighted by atomic mass is 9.95. The maximum absolute atomic E-state index is 12.8. The van der Waals surface area contributed by atoms with Crippen molar-refractivity contribution in [1.82, 2.24) is 15.3 Å². The van der Waals surface area contributed by atoms with Gasteiger partial charge in [0, 0.05) is 31.6 Å². The average molecular weight is 432 g/mol. The number of rotatable bonds is 4. The first kappa shape index (κ1) is 21.8. The van der Waals surface area contributed by atoms with Crippen molar-refractivity contribution in [3.8, 4) is 0 Å². The Morgan fingerprint density at radius 3 is 2.20 bits per heavy atom. The molecule has 0 spiro atoms. The quantitative estimate of drug-likeness (QED) is 0.741. The summed E-state index contributed by atoms with van der Waals surface area (Å²) >= 11 is 0. The molecule has 2 aromatic rings. The van der Waals surface area contributed by atoms with Crippen LogP contribution >= 0.6 is 0 Å². The lowest BCUT2D eigenvalue weighted by Crippen LogP contribution is -2.40. The molecule has 1 amide bonds. The Morgan fingerprint density at radius 1 is 1.00 bits per heavy atom. The molecule has 1 aliphatic rings. The number of halogens is 6. The molecular formula is C19H18F6N4O. The van der Waals surface area contributed by atoms with E-state index in [-0.39, 0.29) is 24.2 Å². The fourth-order valence-corrected chi connectivity index (χ4v) is 3.19. The van der Waals surface area contributed by atoms with E-state index in [1.165, 1.54) is 12.1 Å². The van der Waals surface area contributed by atoms with Gasteiger partial charge in [0.05, 0.1) is 5.56 Å². The van der Waals surface area contributed by atoms with E-state index in [2.05, 4.69) is 15.3 Å². The van der Waals surface area contributed by atoms with Crippen molar-refractivity contribution in [2.75, 3.05) is 18.0 Å². The predicted molar refractivity (Wildman–Crippen MR) is 95.3 cm³/mol. The summed E-state index contributed by atoms with van der Waals surface area (Å²) in [4.78, 5) is 21.1. The topological polar surface area (TPSA) is 58.1 Å². The number of aromatic nitrogens is 2. The Morgan fingerprint density at radius 2 is 1.63 bits per heavy atom. The van der Waals surface area contributed by atoms with E-state index in [1.54, 1.807) is 4.90 Å². The second-order valence-electron chi connectivity index (χ2n) is 6.93. The number of piperidine rings is 1. The highest BCUT2D eigenvalue weighted by Gasteiger charge is 2.34. The van der Waals surface area contributed by atoms with E-state index in [4.69, 9.17) is 0 Å². The SMILES string of the molecule is O=C(NCc1ccc(C(F)(F)F)cc1)C1CCN(c2cc(C(F)(F)F)ncn2)CC1. The summed E-state index contributed by atoms with van der Waals surface area (Å²) in [6.45, 7) is 0.803. The molecule has 5 nitrogen and oxygen atoms in total. The van der Waals surface area contributed by atoms with Crippen LogP contribution in [0.15, 0.2) is 36.7 Å². The molecule has 0 atom stereocenters. The van der Waals surface area contributed by atoms with Gasteiger partial charge in [0.2, 0.25) is 5.91 Å². The van der Waals surface area contributed by atoms with Gasteiger partial charge in [0.1, 0.15) is 17.8 Å². The molecule has 0 radical (unpaired) electrons. The molecule has 0 aliphatic carbocycles. The predicted octanol–water partition coefficient (Wildman–Crippen LogP) is 4.05. The van der Waals surface area contributed by atoms with Gasteiger partial charge in [-0.3, -0.25) is 4.79 Å². The van der Waals surface area contributed by atoms with Gasteiger partial charge in [-0.15, -0.1) is 0 Å². The number of benzene rings is 1. The van der Waals surface area contributed by atoms with Crippen molar-refractivity contribution in [2.45, 2.75) is 31.7 Å². The van der Waals surface area contributed by atoms with Gasteiger partial charge in [0.15, 0.2) is 0 Å². The highest BCUT2D eigenvalue weighted by molar-refractivity contribution is 5.79. The first-order valence-corrected chi connectivity index (χ1v) is 9.12. The molecule has 1 N–H and O–H groups in total. The Balaban J connectivity index is 1.51. The van der Waals surface area contributed by atoms with E-state index in [0.29, 0.717) is 31.5 Å². The van der Waals surface area contributed by atoms with E-state index in [9.17, 15) is 31.1 Å². The first-order chi connectivity index (χ1) is 14.0. The average Bonchev–Trinajstić information content (AvgIpc) is 2.71. The van der Waals surface area contributed by atoms with Crippen LogP contribution in [0, 0.1) is 5.92 Å². The van der Waals surface area contributed by atoms with E-state index < -0.39 is 23.6 Å². The number of amides is 1. The fraction of sp³-hybridized carbons (Fsp3) is 0.421. The van der Waals surface area contributed by atoms with Crippen LogP contribution in [0.2, 0.25) is 0 Å². The Kier molecular flexibility index (Phi) is 6.18. The van der Waals surface area contributed by atoms with Crippen LogP contribution in [-0.2, 0) is 23.7 Å². The van der Waals surface area contributed by atoms with Gasteiger partial charge in [0.25, 0.3) is 0 Å². The molecule has 1 aromatic heterocycles. The maximum atomic E-state index is 12.8. The summed E-state index contributed by atoms with van der Waals surface area (Å²) in [5.74, 6) is -0.422. The molecule has 1 fully saturated rings. The minimum atomic E-state index is -4.56. The van der Waals surface area contributed by atoms with E-state index >= 15 is 0 Å². The minimum absolute atomic E-state index is 0.0953. The summed E-state index contributed by atoms with van der Waals surface area (Å²) in [5, 5.41) is 2.70. The Bertz CT molecular complexity index is 874. The first-order valence-electron chi connectivity index (χ1n) is 9.12. The second-order valence-corrected chi connectivity index (χ2v) is 6.93. The smallest absolute Gasteiger partial charge is 0.356 e. The van der Waals surface area contributed by atoms with Gasteiger partial charge in [-0.05, 0) is 30.5 Å². The van der Waals surface area contributed by atoms with Crippen LogP contribution in [0.25, 0.3) is 0 Å². The number of hydrogen-bond acceptors (Lipinski definition) is 4. The van der Waals surface area contributed by atoms with E-state index in [1.807, 2.05) is 0 Å². The molecule has 0 saturated carbocycles. The summed E-state index contributed by atoms with van der Waals surface area (Å²) < 4.78 is 76.1. The Labute approximate surface area is 168 Å². The third kappa shape index (κ3) is 5.39. The maximum Gasteiger partial charge on any atom is 0.433 e. The third-order valence-electron chi connectivity index (χ3n) is 4.88. The monoisotopic (exact) mass is 432 g/mol. The lowest BCUT2D eigenvalue weighted by molar-refractivity contribution is -0.141. The number of carbonyl (C=O) groups excluding carboxylic acids is 1. The number of carbonyl (C=O) groups is 1. The Hall–Kier alpha value is -2.85.